The zero-order chi connectivity index (χ0) is 24.8. The number of carbonyl (C=O) groups excluding carboxylic acids is 1. The van der Waals surface area contributed by atoms with Gasteiger partial charge in [-0.3, -0.25) is 9.78 Å². The Balaban J connectivity index is 1.34. The quantitative estimate of drug-likeness (QED) is 0.430. The van der Waals surface area contributed by atoms with Crippen molar-refractivity contribution in [2.24, 2.45) is 17.3 Å². The number of ketones is 1. The SMILES string of the molecule is CCCC(=O)COc1ccc2c(c1)CC[C@@H]1[C@@H]2CC[C@]2(C)C(c3cncc(C(F)(F)F)c3)=CC[C@@H]12. The number of rotatable bonds is 6. The number of fused-ring (bicyclic) bond motifs is 5. The van der Waals surface area contributed by atoms with Crippen molar-refractivity contribution < 1.29 is 22.7 Å². The third kappa shape index (κ3) is 4.41. The molecule has 3 nitrogen and oxygen atoms in total. The first-order chi connectivity index (χ1) is 16.7. The Hall–Kier alpha value is -2.63. The number of allylic oxidation sites excluding steroid dienone is 2. The Bertz CT molecular complexity index is 1150. The number of aromatic nitrogens is 1. The Morgan fingerprint density at radius 2 is 2.03 bits per heavy atom. The molecule has 0 amide bonds. The van der Waals surface area contributed by atoms with Crippen molar-refractivity contribution in [1.29, 1.82) is 0 Å². The molecule has 0 radical (unpaired) electrons. The Kier molecular flexibility index (Phi) is 6.27. The van der Waals surface area contributed by atoms with Crippen molar-refractivity contribution in [2.45, 2.75) is 70.9 Å². The number of halogens is 3. The molecule has 1 aromatic carbocycles. The van der Waals surface area contributed by atoms with Crippen LogP contribution in [0, 0.1) is 17.3 Å². The lowest BCUT2D eigenvalue weighted by Crippen LogP contribution is -2.40. The van der Waals surface area contributed by atoms with Gasteiger partial charge in [0.1, 0.15) is 12.4 Å². The van der Waals surface area contributed by atoms with Gasteiger partial charge >= 0.3 is 6.18 Å². The number of hydrogen-bond donors (Lipinski definition) is 0. The topological polar surface area (TPSA) is 39.2 Å². The van der Waals surface area contributed by atoms with Crippen LogP contribution in [-0.4, -0.2) is 17.4 Å². The second kappa shape index (κ2) is 9.11. The van der Waals surface area contributed by atoms with E-state index >= 15 is 0 Å². The second-order valence-electron chi connectivity index (χ2n) is 10.6. The van der Waals surface area contributed by atoms with E-state index in [0.29, 0.717) is 29.7 Å². The van der Waals surface area contributed by atoms with Crippen LogP contribution in [0.1, 0.15) is 80.5 Å². The second-order valence-corrected chi connectivity index (χ2v) is 10.6. The van der Waals surface area contributed by atoms with E-state index in [1.54, 1.807) is 6.20 Å². The zero-order valence-corrected chi connectivity index (χ0v) is 20.3. The lowest BCUT2D eigenvalue weighted by molar-refractivity contribution is -0.137. The fraction of sp³-hybridized carbons (Fsp3) is 0.517. The molecular weight excluding hydrogens is 451 g/mol. The average molecular weight is 484 g/mol. The number of aryl methyl sites for hydroxylation is 1. The van der Waals surface area contributed by atoms with Gasteiger partial charge in [0.25, 0.3) is 0 Å². The van der Waals surface area contributed by atoms with Crippen LogP contribution in [0.3, 0.4) is 0 Å². The van der Waals surface area contributed by atoms with E-state index < -0.39 is 11.7 Å². The maximum atomic E-state index is 13.3. The highest BCUT2D eigenvalue weighted by Gasteiger charge is 2.52. The van der Waals surface area contributed by atoms with Crippen LogP contribution in [0.4, 0.5) is 13.2 Å². The minimum Gasteiger partial charge on any atom is -0.486 e. The average Bonchev–Trinajstić information content (AvgIpc) is 3.19. The van der Waals surface area contributed by atoms with E-state index in [1.807, 2.05) is 13.0 Å². The van der Waals surface area contributed by atoms with Crippen LogP contribution in [0.5, 0.6) is 5.75 Å². The third-order valence-electron chi connectivity index (χ3n) is 8.58. The van der Waals surface area contributed by atoms with E-state index in [0.717, 1.165) is 56.0 Å². The van der Waals surface area contributed by atoms with Crippen LogP contribution in [-0.2, 0) is 17.4 Å². The Labute approximate surface area is 204 Å². The molecule has 2 aromatic rings. The molecule has 1 saturated carbocycles. The van der Waals surface area contributed by atoms with Gasteiger partial charge in [0.2, 0.25) is 0 Å². The normalized spacial score (nSPS) is 27.5. The van der Waals surface area contributed by atoms with E-state index in [-0.39, 0.29) is 17.8 Å². The monoisotopic (exact) mass is 483 g/mol. The summed E-state index contributed by atoms with van der Waals surface area (Å²) in [5, 5.41) is 0. The summed E-state index contributed by atoms with van der Waals surface area (Å²) in [4.78, 5) is 15.8. The van der Waals surface area contributed by atoms with E-state index in [1.165, 1.54) is 17.2 Å². The molecule has 0 N–H and O–H groups in total. The molecule has 186 valence electrons. The highest BCUT2D eigenvalue weighted by atomic mass is 19.4. The van der Waals surface area contributed by atoms with Crippen molar-refractivity contribution in [2.75, 3.05) is 6.61 Å². The molecule has 0 bridgehead atoms. The maximum Gasteiger partial charge on any atom is 0.417 e. The van der Waals surface area contributed by atoms with Gasteiger partial charge in [-0.15, -0.1) is 0 Å². The molecule has 1 fully saturated rings. The summed E-state index contributed by atoms with van der Waals surface area (Å²) >= 11 is 0. The summed E-state index contributed by atoms with van der Waals surface area (Å²) < 4.78 is 45.7. The molecule has 3 aliphatic carbocycles. The Morgan fingerprint density at radius 3 is 2.80 bits per heavy atom. The molecule has 0 unspecified atom stereocenters. The number of pyridine rings is 1. The molecule has 0 saturated heterocycles. The van der Waals surface area contributed by atoms with Gasteiger partial charge < -0.3 is 4.74 Å². The number of alkyl halides is 3. The number of benzene rings is 1. The van der Waals surface area contributed by atoms with Crippen LogP contribution in [0.2, 0.25) is 0 Å². The van der Waals surface area contributed by atoms with E-state index in [4.69, 9.17) is 4.74 Å². The van der Waals surface area contributed by atoms with Crippen LogP contribution in [0.15, 0.2) is 42.7 Å². The molecule has 5 rings (SSSR count). The lowest BCUT2D eigenvalue weighted by Gasteiger charge is -2.50. The van der Waals surface area contributed by atoms with Crippen molar-refractivity contribution in [3.8, 4) is 5.75 Å². The fourth-order valence-corrected chi connectivity index (χ4v) is 6.92. The van der Waals surface area contributed by atoms with Gasteiger partial charge in [-0.25, -0.2) is 0 Å². The molecule has 6 heteroatoms. The maximum absolute atomic E-state index is 13.3. The van der Waals surface area contributed by atoms with Gasteiger partial charge in [0.05, 0.1) is 5.56 Å². The predicted molar refractivity (Wildman–Crippen MR) is 129 cm³/mol. The van der Waals surface area contributed by atoms with Crippen LogP contribution < -0.4 is 4.74 Å². The fourth-order valence-electron chi connectivity index (χ4n) is 6.92. The number of nitrogens with zero attached hydrogens (tertiary/aromatic N) is 1. The summed E-state index contributed by atoms with van der Waals surface area (Å²) in [5.41, 5.74) is 3.52. The summed E-state index contributed by atoms with van der Waals surface area (Å²) in [6.07, 6.45) is 6.55. The zero-order valence-electron chi connectivity index (χ0n) is 20.3. The smallest absolute Gasteiger partial charge is 0.417 e. The largest absolute Gasteiger partial charge is 0.486 e. The summed E-state index contributed by atoms with van der Waals surface area (Å²) in [6.45, 7) is 4.35. The molecule has 1 heterocycles. The molecular formula is C29H32F3NO2. The van der Waals surface area contributed by atoms with Gasteiger partial charge in [-0.2, -0.15) is 13.2 Å². The first-order valence-electron chi connectivity index (χ1n) is 12.7. The van der Waals surface area contributed by atoms with Crippen LogP contribution >= 0.6 is 0 Å². The number of ether oxygens (including phenoxy) is 1. The highest BCUT2D eigenvalue weighted by Crippen LogP contribution is 2.63. The third-order valence-corrected chi connectivity index (χ3v) is 8.58. The number of carbonyl (C=O) groups is 1. The first kappa shape index (κ1) is 24.1. The van der Waals surface area contributed by atoms with Crippen molar-refractivity contribution in [1.82, 2.24) is 4.98 Å². The van der Waals surface area contributed by atoms with E-state index in [2.05, 4.69) is 30.1 Å². The van der Waals surface area contributed by atoms with Gasteiger partial charge in [0.15, 0.2) is 5.78 Å². The summed E-state index contributed by atoms with van der Waals surface area (Å²) in [7, 11) is 0. The van der Waals surface area contributed by atoms with Crippen molar-refractivity contribution in [3.05, 3.63) is 65.0 Å². The van der Waals surface area contributed by atoms with Gasteiger partial charge in [0, 0.05) is 18.8 Å². The number of Topliss-reactive ketones (excluding diaryl/α,β-unsaturated/α-hetero) is 1. The highest BCUT2D eigenvalue weighted by molar-refractivity contribution is 5.79. The number of hydrogen-bond acceptors (Lipinski definition) is 3. The molecule has 0 spiro atoms. The molecule has 3 aliphatic rings. The van der Waals surface area contributed by atoms with Gasteiger partial charge in [-0.05, 0) is 102 Å². The standard InChI is InChI=1S/C29H32F3NO2/c1-3-4-21(34)17-35-22-6-8-23-18(14-22)5-7-25-24(23)11-12-28(2)26(9-10-27(25)28)19-13-20(16-33-15-19)29(30,31)32/h6,8-9,13-16,24-25,27H,3-5,7,10-12,17H2,1-2H3/t24-,25-,27+,28-/m1/s1. The minimum absolute atomic E-state index is 0.123. The van der Waals surface area contributed by atoms with Crippen molar-refractivity contribution >= 4 is 11.4 Å². The summed E-state index contributed by atoms with van der Waals surface area (Å²) in [6, 6.07) is 7.53. The lowest BCUT2D eigenvalue weighted by atomic mass is 9.54. The molecule has 35 heavy (non-hydrogen) atoms. The Morgan fingerprint density at radius 1 is 1.20 bits per heavy atom. The predicted octanol–water partition coefficient (Wildman–Crippen LogP) is 7.40. The first-order valence-corrected chi connectivity index (χ1v) is 12.7. The van der Waals surface area contributed by atoms with E-state index in [9.17, 15) is 18.0 Å². The molecule has 4 atom stereocenters. The minimum atomic E-state index is -4.39. The van der Waals surface area contributed by atoms with Crippen LogP contribution in [0.25, 0.3) is 5.57 Å². The molecule has 1 aromatic heterocycles. The molecule has 0 aliphatic heterocycles. The van der Waals surface area contributed by atoms with Gasteiger partial charge in [-0.1, -0.05) is 26.0 Å². The van der Waals surface area contributed by atoms with Crippen molar-refractivity contribution in [3.63, 3.8) is 0 Å². The summed E-state index contributed by atoms with van der Waals surface area (Å²) in [5.74, 6) is 2.26.